The minimum atomic E-state index is -0.567. The molecule has 146 valence electrons. The SMILES string of the molecule is Cc1cc(C(=O)N2CCC(Cc3cc(F)cc(F)c3)C2)c2c(C)nn(C)c2n1. The molecule has 3 heterocycles. The second kappa shape index (κ2) is 6.96. The van der Waals surface area contributed by atoms with E-state index in [4.69, 9.17) is 0 Å². The van der Waals surface area contributed by atoms with Crippen LogP contribution in [0.15, 0.2) is 24.3 Å². The van der Waals surface area contributed by atoms with Gasteiger partial charge in [0.1, 0.15) is 11.6 Å². The minimum Gasteiger partial charge on any atom is -0.338 e. The molecule has 5 nitrogen and oxygen atoms in total. The molecule has 0 radical (unpaired) electrons. The number of nitrogens with zero attached hydrogens (tertiary/aromatic N) is 4. The molecular formula is C21H22F2N4O. The van der Waals surface area contributed by atoms with Gasteiger partial charge < -0.3 is 4.90 Å². The molecule has 3 aromatic rings. The fourth-order valence-electron chi connectivity index (χ4n) is 4.15. The van der Waals surface area contributed by atoms with Gasteiger partial charge in [-0.05, 0) is 56.4 Å². The van der Waals surface area contributed by atoms with Crippen molar-refractivity contribution in [2.45, 2.75) is 26.7 Å². The molecule has 4 rings (SSSR count). The Morgan fingerprint density at radius 2 is 1.89 bits per heavy atom. The molecule has 1 amide bonds. The Morgan fingerprint density at radius 3 is 2.61 bits per heavy atom. The standard InChI is InChI=1S/C21H22F2N4O/c1-12-6-18(19-13(2)25-26(3)20(19)24-12)21(28)27-5-4-14(11-27)7-15-8-16(22)10-17(23)9-15/h6,8-10,14H,4-5,7,11H2,1-3H3. The van der Waals surface area contributed by atoms with Gasteiger partial charge in [0, 0.05) is 31.9 Å². The summed E-state index contributed by atoms with van der Waals surface area (Å²) in [6, 6.07) is 5.42. The number of rotatable bonds is 3. The van der Waals surface area contributed by atoms with Crippen LogP contribution >= 0.6 is 0 Å². The van der Waals surface area contributed by atoms with Crippen molar-refractivity contribution >= 4 is 16.9 Å². The summed E-state index contributed by atoms with van der Waals surface area (Å²) in [4.78, 5) is 19.6. The van der Waals surface area contributed by atoms with Crippen LogP contribution in [-0.2, 0) is 13.5 Å². The van der Waals surface area contributed by atoms with E-state index in [0.717, 1.165) is 29.3 Å². The Balaban J connectivity index is 1.56. The van der Waals surface area contributed by atoms with E-state index in [1.165, 1.54) is 12.1 Å². The van der Waals surface area contributed by atoms with Crippen molar-refractivity contribution in [1.29, 1.82) is 0 Å². The quantitative estimate of drug-likeness (QED) is 0.694. The van der Waals surface area contributed by atoms with Crippen LogP contribution in [0, 0.1) is 31.4 Å². The summed E-state index contributed by atoms with van der Waals surface area (Å²) in [5.41, 5.74) is 3.49. The maximum Gasteiger partial charge on any atom is 0.254 e. The summed E-state index contributed by atoms with van der Waals surface area (Å²) < 4.78 is 28.6. The molecule has 1 aliphatic rings. The molecule has 0 bridgehead atoms. The molecule has 1 unspecified atom stereocenters. The van der Waals surface area contributed by atoms with Gasteiger partial charge in [-0.3, -0.25) is 9.48 Å². The van der Waals surface area contributed by atoms with Gasteiger partial charge in [-0.1, -0.05) is 0 Å². The smallest absolute Gasteiger partial charge is 0.254 e. The molecule has 1 aromatic carbocycles. The van der Waals surface area contributed by atoms with Gasteiger partial charge in [0.05, 0.1) is 16.6 Å². The van der Waals surface area contributed by atoms with Gasteiger partial charge in [-0.15, -0.1) is 0 Å². The fourth-order valence-corrected chi connectivity index (χ4v) is 4.15. The van der Waals surface area contributed by atoms with E-state index in [9.17, 15) is 13.6 Å². The van der Waals surface area contributed by atoms with Gasteiger partial charge in [0.15, 0.2) is 5.65 Å². The molecule has 7 heteroatoms. The third-order valence-electron chi connectivity index (χ3n) is 5.35. The van der Waals surface area contributed by atoms with Crippen LogP contribution in [0.4, 0.5) is 8.78 Å². The number of aromatic nitrogens is 3. The van der Waals surface area contributed by atoms with Crippen molar-refractivity contribution < 1.29 is 13.6 Å². The Kier molecular flexibility index (Phi) is 4.61. The van der Waals surface area contributed by atoms with Crippen LogP contribution in [-0.4, -0.2) is 38.7 Å². The first kappa shape index (κ1) is 18.5. The van der Waals surface area contributed by atoms with Gasteiger partial charge >= 0.3 is 0 Å². The summed E-state index contributed by atoms with van der Waals surface area (Å²) >= 11 is 0. The van der Waals surface area contributed by atoms with E-state index in [0.29, 0.717) is 36.3 Å². The van der Waals surface area contributed by atoms with Crippen LogP contribution in [0.1, 0.15) is 33.7 Å². The van der Waals surface area contributed by atoms with Gasteiger partial charge in [0.25, 0.3) is 5.91 Å². The monoisotopic (exact) mass is 384 g/mol. The summed E-state index contributed by atoms with van der Waals surface area (Å²) in [5.74, 6) is -0.997. The molecular weight excluding hydrogens is 362 g/mol. The zero-order valence-electron chi connectivity index (χ0n) is 16.2. The largest absolute Gasteiger partial charge is 0.338 e. The lowest BCUT2D eigenvalue weighted by atomic mass is 9.98. The molecule has 1 saturated heterocycles. The zero-order valence-corrected chi connectivity index (χ0v) is 16.2. The number of aryl methyl sites for hydroxylation is 3. The number of fused-ring (bicyclic) bond motifs is 1. The number of amides is 1. The number of likely N-dealkylation sites (tertiary alicyclic amines) is 1. The lowest BCUT2D eigenvalue weighted by Gasteiger charge is -2.18. The molecule has 0 aliphatic carbocycles. The first-order chi connectivity index (χ1) is 13.3. The van der Waals surface area contributed by atoms with E-state index in [1.54, 1.807) is 4.68 Å². The maximum atomic E-state index is 13.4. The van der Waals surface area contributed by atoms with Crippen LogP contribution in [0.2, 0.25) is 0 Å². The first-order valence-corrected chi connectivity index (χ1v) is 9.37. The first-order valence-electron chi connectivity index (χ1n) is 9.37. The number of hydrogen-bond donors (Lipinski definition) is 0. The van der Waals surface area contributed by atoms with Crippen molar-refractivity contribution in [2.75, 3.05) is 13.1 Å². The normalized spacial score (nSPS) is 16.9. The second-order valence-electron chi connectivity index (χ2n) is 7.61. The third-order valence-corrected chi connectivity index (χ3v) is 5.35. The number of benzene rings is 1. The van der Waals surface area contributed by atoms with E-state index in [-0.39, 0.29) is 11.8 Å². The molecule has 28 heavy (non-hydrogen) atoms. The summed E-state index contributed by atoms with van der Waals surface area (Å²) in [7, 11) is 1.82. The highest BCUT2D eigenvalue weighted by Crippen LogP contribution is 2.27. The van der Waals surface area contributed by atoms with E-state index >= 15 is 0 Å². The van der Waals surface area contributed by atoms with Crippen LogP contribution in [0.25, 0.3) is 11.0 Å². The number of carbonyl (C=O) groups is 1. The van der Waals surface area contributed by atoms with Crippen LogP contribution in [0.3, 0.4) is 0 Å². The van der Waals surface area contributed by atoms with Gasteiger partial charge in [-0.2, -0.15) is 5.10 Å². The summed E-state index contributed by atoms with van der Waals surface area (Å²) in [6.45, 7) is 4.94. The fraction of sp³-hybridized carbons (Fsp3) is 0.381. The predicted molar refractivity (Wildman–Crippen MR) is 102 cm³/mol. The predicted octanol–water partition coefficient (Wildman–Crippen LogP) is 3.57. The van der Waals surface area contributed by atoms with E-state index < -0.39 is 11.6 Å². The topological polar surface area (TPSA) is 51.0 Å². The maximum absolute atomic E-state index is 13.4. The zero-order chi connectivity index (χ0) is 20.0. The number of carbonyl (C=O) groups excluding carboxylic acids is 1. The minimum absolute atomic E-state index is 0.0421. The molecule has 0 spiro atoms. The molecule has 0 saturated carbocycles. The van der Waals surface area contributed by atoms with Crippen molar-refractivity contribution in [3.05, 3.63) is 58.4 Å². The van der Waals surface area contributed by atoms with Crippen molar-refractivity contribution in [3.63, 3.8) is 0 Å². The molecule has 1 aliphatic heterocycles. The number of halogens is 2. The van der Waals surface area contributed by atoms with E-state index in [2.05, 4.69) is 10.1 Å². The number of pyridine rings is 1. The summed E-state index contributed by atoms with van der Waals surface area (Å²) in [5, 5.41) is 5.19. The number of hydrogen-bond acceptors (Lipinski definition) is 3. The Labute approximate surface area is 162 Å². The molecule has 0 N–H and O–H groups in total. The highest BCUT2D eigenvalue weighted by molar-refractivity contribution is 6.06. The molecule has 2 aromatic heterocycles. The van der Waals surface area contributed by atoms with Crippen LogP contribution < -0.4 is 0 Å². The lowest BCUT2D eigenvalue weighted by Crippen LogP contribution is -2.29. The van der Waals surface area contributed by atoms with Crippen molar-refractivity contribution in [1.82, 2.24) is 19.7 Å². The third kappa shape index (κ3) is 3.37. The average molecular weight is 384 g/mol. The van der Waals surface area contributed by atoms with Gasteiger partial charge in [-0.25, -0.2) is 13.8 Å². The van der Waals surface area contributed by atoms with Crippen molar-refractivity contribution in [2.24, 2.45) is 13.0 Å². The van der Waals surface area contributed by atoms with Crippen LogP contribution in [0.5, 0.6) is 0 Å². The molecule has 1 atom stereocenters. The van der Waals surface area contributed by atoms with E-state index in [1.807, 2.05) is 31.9 Å². The lowest BCUT2D eigenvalue weighted by molar-refractivity contribution is 0.0788. The molecule has 1 fully saturated rings. The average Bonchev–Trinajstić information content (AvgIpc) is 3.17. The van der Waals surface area contributed by atoms with Crippen molar-refractivity contribution in [3.8, 4) is 0 Å². The highest BCUT2D eigenvalue weighted by atomic mass is 19.1. The highest BCUT2D eigenvalue weighted by Gasteiger charge is 2.29. The Hall–Kier alpha value is -2.83. The summed E-state index contributed by atoms with van der Waals surface area (Å²) in [6.07, 6.45) is 1.36. The second-order valence-corrected chi connectivity index (χ2v) is 7.61. The van der Waals surface area contributed by atoms with Gasteiger partial charge in [0.2, 0.25) is 0 Å². The Bertz CT molecular complexity index is 1060. The Morgan fingerprint density at radius 1 is 1.18 bits per heavy atom.